The van der Waals surface area contributed by atoms with Crippen LogP contribution in [0.5, 0.6) is 5.75 Å². The molecule has 1 N–H and O–H groups in total. The van der Waals surface area contributed by atoms with Gasteiger partial charge in [-0.2, -0.15) is 11.8 Å². The topological polar surface area (TPSA) is 24.5 Å². The Bertz CT molecular complexity index is 438. The van der Waals surface area contributed by atoms with Crippen LogP contribution >= 0.6 is 11.8 Å². The second kappa shape index (κ2) is 7.23. The quantitative estimate of drug-likeness (QED) is 0.900. The van der Waals surface area contributed by atoms with E-state index in [1.807, 2.05) is 7.05 Å². The first kappa shape index (κ1) is 15.5. The molecular weight excluding hydrogens is 268 g/mol. The predicted molar refractivity (Wildman–Crippen MR) is 89.2 cm³/mol. The molecule has 0 amide bonds. The molecule has 1 fully saturated rings. The molecule has 4 heteroatoms. The summed E-state index contributed by atoms with van der Waals surface area (Å²) < 4.78 is 5.58. The van der Waals surface area contributed by atoms with Gasteiger partial charge in [0.25, 0.3) is 0 Å². The molecule has 1 heterocycles. The summed E-state index contributed by atoms with van der Waals surface area (Å²) in [6, 6.07) is 6.68. The normalized spacial score (nSPS) is 20.8. The SMILES string of the molecule is CCC1CN(c2cccc(OC)c2C(C)NC)CCS1. The summed E-state index contributed by atoms with van der Waals surface area (Å²) in [4.78, 5) is 2.52. The number of hydrogen-bond donors (Lipinski definition) is 1. The van der Waals surface area contributed by atoms with Gasteiger partial charge in [0, 0.05) is 41.4 Å². The van der Waals surface area contributed by atoms with Gasteiger partial charge in [0.05, 0.1) is 7.11 Å². The highest BCUT2D eigenvalue weighted by molar-refractivity contribution is 8.00. The summed E-state index contributed by atoms with van der Waals surface area (Å²) in [6.07, 6.45) is 1.24. The summed E-state index contributed by atoms with van der Waals surface area (Å²) in [5.41, 5.74) is 2.60. The highest BCUT2D eigenvalue weighted by Crippen LogP contribution is 2.36. The minimum atomic E-state index is 0.288. The van der Waals surface area contributed by atoms with Gasteiger partial charge in [0.15, 0.2) is 0 Å². The Morgan fingerprint density at radius 3 is 2.95 bits per heavy atom. The predicted octanol–water partition coefficient (Wildman–Crippen LogP) is 3.31. The van der Waals surface area contributed by atoms with E-state index in [0.717, 1.165) is 24.1 Å². The van der Waals surface area contributed by atoms with Crippen LogP contribution < -0.4 is 15.0 Å². The van der Waals surface area contributed by atoms with E-state index < -0.39 is 0 Å². The zero-order valence-corrected chi connectivity index (χ0v) is 13.8. The standard InChI is InChI=1S/C16H26N2OS/c1-5-13-11-18(9-10-20-13)14-7-6-8-15(19-4)16(14)12(2)17-3/h6-8,12-13,17H,5,9-11H2,1-4H3. The van der Waals surface area contributed by atoms with Gasteiger partial charge in [-0.15, -0.1) is 0 Å². The second-order valence-corrected chi connectivity index (χ2v) is 6.66. The van der Waals surface area contributed by atoms with Crippen molar-refractivity contribution in [3.63, 3.8) is 0 Å². The van der Waals surface area contributed by atoms with E-state index in [1.165, 1.54) is 23.4 Å². The van der Waals surface area contributed by atoms with E-state index in [0.29, 0.717) is 0 Å². The lowest BCUT2D eigenvalue weighted by molar-refractivity contribution is 0.403. The van der Waals surface area contributed by atoms with Crippen LogP contribution in [0.3, 0.4) is 0 Å². The average Bonchev–Trinajstić information content (AvgIpc) is 2.53. The van der Waals surface area contributed by atoms with Crippen LogP contribution in [0, 0.1) is 0 Å². The summed E-state index contributed by atoms with van der Waals surface area (Å²) >= 11 is 2.10. The van der Waals surface area contributed by atoms with E-state index in [9.17, 15) is 0 Å². The van der Waals surface area contributed by atoms with Crippen LogP contribution in [0.25, 0.3) is 0 Å². The first-order valence-corrected chi connectivity index (χ1v) is 8.46. The zero-order chi connectivity index (χ0) is 14.5. The molecule has 3 nitrogen and oxygen atoms in total. The minimum Gasteiger partial charge on any atom is -0.496 e. The number of nitrogens with zero attached hydrogens (tertiary/aromatic N) is 1. The maximum atomic E-state index is 5.58. The maximum Gasteiger partial charge on any atom is 0.125 e. The molecule has 112 valence electrons. The number of thioether (sulfide) groups is 1. The third-order valence-electron chi connectivity index (χ3n) is 4.06. The van der Waals surface area contributed by atoms with E-state index >= 15 is 0 Å². The average molecular weight is 294 g/mol. The van der Waals surface area contributed by atoms with Gasteiger partial charge in [0.1, 0.15) is 5.75 Å². The van der Waals surface area contributed by atoms with Crippen molar-refractivity contribution in [3.05, 3.63) is 23.8 Å². The fraction of sp³-hybridized carbons (Fsp3) is 0.625. The molecule has 0 aliphatic carbocycles. The first-order chi connectivity index (χ1) is 9.71. The molecular formula is C16H26N2OS. The van der Waals surface area contributed by atoms with Crippen molar-refractivity contribution in [2.45, 2.75) is 31.6 Å². The van der Waals surface area contributed by atoms with E-state index in [1.54, 1.807) is 7.11 Å². The van der Waals surface area contributed by atoms with Crippen LogP contribution in [0.1, 0.15) is 31.9 Å². The van der Waals surface area contributed by atoms with Gasteiger partial charge in [-0.1, -0.05) is 13.0 Å². The summed E-state index contributed by atoms with van der Waals surface area (Å²) in [5.74, 6) is 2.19. The van der Waals surface area contributed by atoms with Crippen molar-refractivity contribution in [3.8, 4) is 5.75 Å². The number of rotatable bonds is 5. The Morgan fingerprint density at radius 2 is 2.30 bits per heavy atom. The third-order valence-corrected chi connectivity index (χ3v) is 5.44. The second-order valence-electron chi connectivity index (χ2n) is 5.25. The van der Waals surface area contributed by atoms with Gasteiger partial charge in [0.2, 0.25) is 0 Å². The van der Waals surface area contributed by atoms with Crippen molar-refractivity contribution in [2.75, 3.05) is 37.9 Å². The molecule has 1 aliphatic rings. The van der Waals surface area contributed by atoms with Crippen molar-refractivity contribution in [1.29, 1.82) is 0 Å². The lowest BCUT2D eigenvalue weighted by atomic mass is 10.0. The van der Waals surface area contributed by atoms with Crippen molar-refractivity contribution in [1.82, 2.24) is 5.32 Å². The number of nitrogens with one attached hydrogen (secondary N) is 1. The van der Waals surface area contributed by atoms with Gasteiger partial charge in [-0.25, -0.2) is 0 Å². The van der Waals surface area contributed by atoms with Crippen molar-refractivity contribution < 1.29 is 4.74 Å². The van der Waals surface area contributed by atoms with E-state index in [2.05, 4.69) is 54.0 Å². The fourth-order valence-corrected chi connectivity index (χ4v) is 3.93. The van der Waals surface area contributed by atoms with Crippen LogP contribution in [0.2, 0.25) is 0 Å². The monoisotopic (exact) mass is 294 g/mol. The molecule has 1 aromatic rings. The van der Waals surface area contributed by atoms with Gasteiger partial charge in [-0.05, 0) is 32.5 Å². The molecule has 20 heavy (non-hydrogen) atoms. The molecule has 2 unspecified atom stereocenters. The fourth-order valence-electron chi connectivity index (χ4n) is 2.75. The summed E-state index contributed by atoms with van der Waals surface area (Å²) in [7, 11) is 3.76. The van der Waals surface area contributed by atoms with Crippen LogP contribution in [-0.4, -0.2) is 38.2 Å². The number of benzene rings is 1. The lowest BCUT2D eigenvalue weighted by Crippen LogP contribution is -2.38. The Kier molecular flexibility index (Phi) is 5.61. The Morgan fingerprint density at radius 1 is 1.50 bits per heavy atom. The lowest BCUT2D eigenvalue weighted by Gasteiger charge is -2.36. The molecule has 2 atom stereocenters. The Hall–Kier alpha value is -0.870. The summed E-state index contributed by atoms with van der Waals surface area (Å²) in [5, 5.41) is 4.09. The molecule has 1 saturated heterocycles. The molecule has 2 rings (SSSR count). The molecule has 0 spiro atoms. The highest BCUT2D eigenvalue weighted by Gasteiger charge is 2.24. The Balaban J connectivity index is 2.34. The molecule has 1 aliphatic heterocycles. The molecule has 0 radical (unpaired) electrons. The first-order valence-electron chi connectivity index (χ1n) is 7.42. The van der Waals surface area contributed by atoms with Crippen LogP contribution in [0.4, 0.5) is 5.69 Å². The van der Waals surface area contributed by atoms with Gasteiger partial charge < -0.3 is 15.0 Å². The minimum absolute atomic E-state index is 0.288. The summed E-state index contributed by atoms with van der Waals surface area (Å²) in [6.45, 7) is 6.73. The highest BCUT2D eigenvalue weighted by atomic mass is 32.2. The maximum absolute atomic E-state index is 5.58. The van der Waals surface area contributed by atoms with Crippen molar-refractivity contribution >= 4 is 17.4 Å². The van der Waals surface area contributed by atoms with Gasteiger partial charge in [-0.3, -0.25) is 0 Å². The van der Waals surface area contributed by atoms with E-state index in [4.69, 9.17) is 4.74 Å². The third kappa shape index (κ3) is 3.23. The smallest absolute Gasteiger partial charge is 0.125 e. The number of hydrogen-bond acceptors (Lipinski definition) is 4. The van der Waals surface area contributed by atoms with Crippen LogP contribution in [-0.2, 0) is 0 Å². The number of methoxy groups -OCH3 is 1. The van der Waals surface area contributed by atoms with E-state index in [-0.39, 0.29) is 6.04 Å². The van der Waals surface area contributed by atoms with Crippen LogP contribution in [0.15, 0.2) is 18.2 Å². The van der Waals surface area contributed by atoms with Gasteiger partial charge >= 0.3 is 0 Å². The molecule has 1 aromatic carbocycles. The van der Waals surface area contributed by atoms with Crippen molar-refractivity contribution in [2.24, 2.45) is 0 Å². The zero-order valence-electron chi connectivity index (χ0n) is 13.0. The largest absolute Gasteiger partial charge is 0.496 e. The molecule has 0 saturated carbocycles. The Labute approximate surface area is 127 Å². The molecule has 0 bridgehead atoms. The molecule has 0 aromatic heterocycles. The number of ether oxygens (including phenoxy) is 1. The number of anilines is 1.